The van der Waals surface area contributed by atoms with Gasteiger partial charge in [0, 0.05) is 0 Å². The zero-order valence-electron chi connectivity index (χ0n) is 9.29. The topological polar surface area (TPSA) is 64.5 Å². The highest BCUT2D eigenvalue weighted by Crippen LogP contribution is 2.26. The van der Waals surface area contributed by atoms with Crippen molar-refractivity contribution in [2.45, 2.75) is 13.5 Å². The number of aliphatic hydroxyl groups is 1. The molecule has 0 saturated heterocycles. The van der Waals surface area contributed by atoms with Crippen LogP contribution in [-0.2, 0) is 6.61 Å². The van der Waals surface area contributed by atoms with Crippen LogP contribution < -0.4 is 9.47 Å². The molecule has 17 heavy (non-hydrogen) atoms. The van der Waals surface area contributed by atoms with E-state index in [9.17, 15) is 0 Å². The third-order valence-corrected chi connectivity index (χ3v) is 2.71. The van der Waals surface area contributed by atoms with Crippen LogP contribution in [0.15, 0.2) is 24.3 Å². The zero-order chi connectivity index (χ0) is 12.1. The number of nitrogens with zero attached hydrogens (tertiary/aromatic N) is 2. The van der Waals surface area contributed by atoms with Gasteiger partial charge in [0.15, 0.2) is 0 Å². The Hall–Kier alpha value is -1.66. The molecule has 0 fully saturated rings. The SMILES string of the molecule is CCOc1ccc(Oc2nnc(CO)s2)cc1. The van der Waals surface area contributed by atoms with E-state index < -0.39 is 0 Å². The van der Waals surface area contributed by atoms with Gasteiger partial charge in [0.05, 0.1) is 13.2 Å². The fourth-order valence-corrected chi connectivity index (χ4v) is 1.78. The monoisotopic (exact) mass is 252 g/mol. The molecule has 0 aliphatic heterocycles. The van der Waals surface area contributed by atoms with Crippen LogP contribution in [0.3, 0.4) is 0 Å². The van der Waals surface area contributed by atoms with Gasteiger partial charge in [0.1, 0.15) is 16.5 Å². The van der Waals surface area contributed by atoms with Gasteiger partial charge in [-0.2, -0.15) is 0 Å². The van der Waals surface area contributed by atoms with Gasteiger partial charge < -0.3 is 14.6 Å². The van der Waals surface area contributed by atoms with Crippen LogP contribution in [0.1, 0.15) is 11.9 Å². The van der Waals surface area contributed by atoms with Crippen LogP contribution in [0.5, 0.6) is 16.7 Å². The smallest absolute Gasteiger partial charge is 0.299 e. The average Bonchev–Trinajstić information content (AvgIpc) is 2.80. The van der Waals surface area contributed by atoms with E-state index in [-0.39, 0.29) is 6.61 Å². The zero-order valence-corrected chi connectivity index (χ0v) is 10.1. The van der Waals surface area contributed by atoms with Gasteiger partial charge in [-0.15, -0.1) is 5.10 Å². The standard InChI is InChI=1S/C11H12N2O3S/c1-2-15-8-3-5-9(6-4-8)16-11-13-12-10(7-14)17-11/h3-6,14H,2,7H2,1H3. The number of aromatic nitrogens is 2. The van der Waals surface area contributed by atoms with Crippen LogP contribution in [-0.4, -0.2) is 21.9 Å². The second kappa shape index (κ2) is 5.60. The molecule has 1 aromatic carbocycles. The second-order valence-corrected chi connectivity index (χ2v) is 4.15. The van der Waals surface area contributed by atoms with E-state index >= 15 is 0 Å². The molecule has 90 valence electrons. The highest BCUT2D eigenvalue weighted by molar-refractivity contribution is 7.13. The Bertz CT molecular complexity index is 470. The summed E-state index contributed by atoms with van der Waals surface area (Å²) in [6, 6.07) is 7.25. The van der Waals surface area contributed by atoms with E-state index in [1.807, 2.05) is 19.1 Å². The second-order valence-electron chi connectivity index (χ2n) is 3.13. The Kier molecular flexibility index (Phi) is 3.89. The fourth-order valence-electron chi connectivity index (χ4n) is 1.21. The summed E-state index contributed by atoms with van der Waals surface area (Å²) in [4.78, 5) is 0. The van der Waals surface area contributed by atoms with E-state index in [4.69, 9.17) is 14.6 Å². The molecule has 1 N–H and O–H groups in total. The minimum Gasteiger partial charge on any atom is -0.494 e. The quantitative estimate of drug-likeness (QED) is 0.884. The van der Waals surface area contributed by atoms with Crippen molar-refractivity contribution in [3.63, 3.8) is 0 Å². The average molecular weight is 252 g/mol. The van der Waals surface area contributed by atoms with Crippen molar-refractivity contribution >= 4 is 11.3 Å². The van der Waals surface area contributed by atoms with Crippen LogP contribution >= 0.6 is 11.3 Å². The molecule has 0 unspecified atom stereocenters. The number of hydrogen-bond acceptors (Lipinski definition) is 6. The number of benzene rings is 1. The molecular weight excluding hydrogens is 240 g/mol. The van der Waals surface area contributed by atoms with Crippen molar-refractivity contribution in [2.75, 3.05) is 6.61 Å². The number of aliphatic hydroxyl groups excluding tert-OH is 1. The number of rotatable bonds is 5. The molecule has 1 aromatic heterocycles. The summed E-state index contributed by atoms with van der Waals surface area (Å²) in [5.41, 5.74) is 0. The predicted octanol–water partition coefficient (Wildman–Crippen LogP) is 2.22. The molecule has 0 radical (unpaired) electrons. The summed E-state index contributed by atoms with van der Waals surface area (Å²) in [5, 5.41) is 17.3. The summed E-state index contributed by atoms with van der Waals surface area (Å²) in [5.74, 6) is 1.46. The van der Waals surface area contributed by atoms with Crippen molar-refractivity contribution in [3.8, 4) is 16.7 Å². The van der Waals surface area contributed by atoms with Gasteiger partial charge >= 0.3 is 0 Å². The molecule has 0 bridgehead atoms. The van der Waals surface area contributed by atoms with Crippen molar-refractivity contribution < 1.29 is 14.6 Å². The molecule has 6 heteroatoms. The first-order valence-electron chi connectivity index (χ1n) is 5.15. The van der Waals surface area contributed by atoms with Crippen molar-refractivity contribution in [1.29, 1.82) is 0 Å². The summed E-state index contributed by atoms with van der Waals surface area (Å²) < 4.78 is 10.8. The molecule has 0 atom stereocenters. The Morgan fingerprint density at radius 1 is 1.18 bits per heavy atom. The summed E-state index contributed by atoms with van der Waals surface area (Å²) in [6.45, 7) is 2.45. The lowest BCUT2D eigenvalue weighted by molar-refractivity contribution is 0.280. The van der Waals surface area contributed by atoms with Crippen LogP contribution in [0.4, 0.5) is 0 Å². The minimum absolute atomic E-state index is 0.121. The van der Waals surface area contributed by atoms with Gasteiger partial charge in [-0.3, -0.25) is 0 Å². The Morgan fingerprint density at radius 3 is 2.47 bits per heavy atom. The molecule has 0 aliphatic rings. The first kappa shape index (κ1) is 11.8. The first-order valence-corrected chi connectivity index (χ1v) is 5.97. The van der Waals surface area contributed by atoms with Crippen LogP contribution in [0, 0.1) is 0 Å². The molecule has 1 heterocycles. The molecule has 0 saturated carbocycles. The summed E-state index contributed by atoms with van der Waals surface area (Å²) in [6.07, 6.45) is 0. The van der Waals surface area contributed by atoms with E-state index in [2.05, 4.69) is 10.2 Å². The fraction of sp³-hybridized carbons (Fsp3) is 0.273. The molecule has 0 spiro atoms. The molecule has 2 aromatic rings. The minimum atomic E-state index is -0.121. The van der Waals surface area contributed by atoms with Gasteiger partial charge in [-0.1, -0.05) is 16.4 Å². The maximum absolute atomic E-state index is 8.85. The lowest BCUT2D eigenvalue weighted by Gasteiger charge is -2.04. The normalized spacial score (nSPS) is 10.2. The van der Waals surface area contributed by atoms with Gasteiger partial charge in [-0.25, -0.2) is 0 Å². The van der Waals surface area contributed by atoms with Crippen molar-refractivity contribution in [2.24, 2.45) is 0 Å². The van der Waals surface area contributed by atoms with Gasteiger partial charge in [-0.05, 0) is 31.2 Å². The number of ether oxygens (including phenoxy) is 2. The van der Waals surface area contributed by atoms with E-state index in [1.54, 1.807) is 12.1 Å². The number of hydrogen-bond donors (Lipinski definition) is 1. The summed E-state index contributed by atoms with van der Waals surface area (Å²) >= 11 is 1.22. The maximum atomic E-state index is 8.85. The Morgan fingerprint density at radius 2 is 1.88 bits per heavy atom. The lowest BCUT2D eigenvalue weighted by Crippen LogP contribution is -1.90. The highest BCUT2D eigenvalue weighted by Gasteiger charge is 2.05. The Balaban J connectivity index is 2.03. The van der Waals surface area contributed by atoms with Gasteiger partial charge in [0.25, 0.3) is 5.19 Å². The predicted molar refractivity (Wildman–Crippen MR) is 63.5 cm³/mol. The largest absolute Gasteiger partial charge is 0.494 e. The molecular formula is C11H12N2O3S. The molecule has 5 nitrogen and oxygen atoms in total. The van der Waals surface area contributed by atoms with E-state index in [0.29, 0.717) is 22.6 Å². The van der Waals surface area contributed by atoms with Crippen LogP contribution in [0.25, 0.3) is 0 Å². The molecule has 0 aliphatic carbocycles. The molecule has 2 rings (SSSR count). The van der Waals surface area contributed by atoms with Crippen molar-refractivity contribution in [1.82, 2.24) is 10.2 Å². The summed E-state index contributed by atoms with van der Waals surface area (Å²) in [7, 11) is 0. The third kappa shape index (κ3) is 3.15. The third-order valence-electron chi connectivity index (χ3n) is 1.92. The van der Waals surface area contributed by atoms with Gasteiger partial charge in [0.2, 0.25) is 0 Å². The Labute approximate surface area is 103 Å². The maximum Gasteiger partial charge on any atom is 0.299 e. The first-order chi connectivity index (χ1) is 8.31. The van der Waals surface area contributed by atoms with Crippen LogP contribution in [0.2, 0.25) is 0 Å². The van der Waals surface area contributed by atoms with E-state index in [1.165, 1.54) is 11.3 Å². The molecule has 0 amide bonds. The lowest BCUT2D eigenvalue weighted by atomic mass is 10.3. The van der Waals surface area contributed by atoms with E-state index in [0.717, 1.165) is 5.75 Å². The van der Waals surface area contributed by atoms with Crippen molar-refractivity contribution in [3.05, 3.63) is 29.3 Å². The highest BCUT2D eigenvalue weighted by atomic mass is 32.1.